The van der Waals surface area contributed by atoms with Crippen molar-refractivity contribution in [2.24, 2.45) is 0 Å². The number of nitrogens with one attached hydrogen (secondary N) is 1. The van der Waals surface area contributed by atoms with Crippen molar-refractivity contribution >= 4 is 49.2 Å². The van der Waals surface area contributed by atoms with Crippen molar-refractivity contribution in [2.45, 2.75) is 24.3 Å². The Bertz CT molecular complexity index is 532. The Morgan fingerprint density at radius 1 is 1.39 bits per heavy atom. The van der Waals surface area contributed by atoms with Gasteiger partial charge in [0.05, 0.1) is 16.7 Å². The fourth-order valence-corrected chi connectivity index (χ4v) is 3.81. The molecule has 1 aromatic rings. The van der Waals surface area contributed by atoms with Crippen LogP contribution in [-0.4, -0.2) is 26.2 Å². The number of rotatable bonds is 5. The molecule has 2 N–H and O–H groups in total. The Balaban J connectivity index is 3.16. The van der Waals surface area contributed by atoms with Crippen LogP contribution < -0.4 is 4.72 Å². The maximum absolute atomic E-state index is 12.1. The van der Waals surface area contributed by atoms with Gasteiger partial charge in [0.1, 0.15) is 4.90 Å². The molecule has 4 nitrogen and oxygen atoms in total. The van der Waals surface area contributed by atoms with Gasteiger partial charge in [0, 0.05) is 10.5 Å². The summed E-state index contributed by atoms with van der Waals surface area (Å²) in [5.74, 6) is 0. The van der Waals surface area contributed by atoms with Crippen LogP contribution in [0.1, 0.15) is 13.3 Å². The molecule has 0 radical (unpaired) electrons. The Labute approximate surface area is 124 Å². The van der Waals surface area contributed by atoms with E-state index < -0.39 is 16.1 Å². The number of benzene rings is 1. The third kappa shape index (κ3) is 3.82. The number of hydrogen-bond acceptors (Lipinski definition) is 3. The average Bonchev–Trinajstić information content (AvgIpc) is 2.30. The monoisotopic (exact) mass is 375 g/mol. The molecule has 0 aliphatic rings. The van der Waals surface area contributed by atoms with Crippen molar-refractivity contribution in [3.8, 4) is 0 Å². The maximum Gasteiger partial charge on any atom is 0.242 e. The van der Waals surface area contributed by atoms with E-state index in [0.717, 1.165) is 0 Å². The molecule has 1 aromatic carbocycles. The van der Waals surface area contributed by atoms with Gasteiger partial charge in [-0.25, -0.2) is 13.1 Å². The Morgan fingerprint density at radius 3 is 2.50 bits per heavy atom. The quantitative estimate of drug-likeness (QED) is 0.776. The summed E-state index contributed by atoms with van der Waals surface area (Å²) in [4.78, 5) is -0.107. The molecular formula is C10H12BrCl2NO3S. The van der Waals surface area contributed by atoms with Gasteiger partial charge in [-0.1, -0.05) is 30.1 Å². The first-order valence-electron chi connectivity index (χ1n) is 5.09. The highest BCUT2D eigenvalue weighted by atomic mass is 79.9. The predicted molar refractivity (Wildman–Crippen MR) is 75.6 cm³/mol. The van der Waals surface area contributed by atoms with Crippen LogP contribution in [0.2, 0.25) is 10.0 Å². The van der Waals surface area contributed by atoms with E-state index >= 15 is 0 Å². The zero-order chi connectivity index (χ0) is 13.9. The van der Waals surface area contributed by atoms with Crippen LogP contribution in [-0.2, 0) is 10.0 Å². The molecule has 0 bridgehead atoms. The molecule has 0 fully saturated rings. The minimum atomic E-state index is -3.80. The van der Waals surface area contributed by atoms with Crippen molar-refractivity contribution in [1.29, 1.82) is 0 Å². The maximum atomic E-state index is 12.1. The summed E-state index contributed by atoms with van der Waals surface area (Å²) in [6.45, 7) is 1.48. The predicted octanol–water partition coefficient (Wildman–Crippen LogP) is 2.81. The number of halogens is 3. The highest BCUT2D eigenvalue weighted by Gasteiger charge is 2.22. The number of hydrogen-bond donors (Lipinski definition) is 2. The summed E-state index contributed by atoms with van der Waals surface area (Å²) in [6, 6.07) is 2.13. The zero-order valence-electron chi connectivity index (χ0n) is 9.45. The molecule has 0 aromatic heterocycles. The second-order valence-corrected chi connectivity index (χ2v) is 6.96. The van der Waals surface area contributed by atoms with Crippen LogP contribution in [0.5, 0.6) is 0 Å². The Morgan fingerprint density at radius 2 is 2.00 bits per heavy atom. The minimum Gasteiger partial charge on any atom is -0.395 e. The fourth-order valence-electron chi connectivity index (χ4n) is 1.24. The first kappa shape index (κ1) is 16.2. The smallest absolute Gasteiger partial charge is 0.242 e. The van der Waals surface area contributed by atoms with Gasteiger partial charge in [-0.05, 0) is 34.5 Å². The number of aliphatic hydroxyl groups excluding tert-OH is 1. The highest BCUT2D eigenvalue weighted by molar-refractivity contribution is 9.10. The van der Waals surface area contributed by atoms with Gasteiger partial charge in [-0.15, -0.1) is 0 Å². The van der Waals surface area contributed by atoms with Gasteiger partial charge in [0.15, 0.2) is 0 Å². The van der Waals surface area contributed by atoms with Gasteiger partial charge >= 0.3 is 0 Å². The van der Waals surface area contributed by atoms with Crippen LogP contribution in [0.25, 0.3) is 0 Å². The van der Waals surface area contributed by atoms with E-state index in [1.165, 1.54) is 12.1 Å². The minimum absolute atomic E-state index is 0.0616. The van der Waals surface area contributed by atoms with Crippen LogP contribution in [0, 0.1) is 0 Å². The van der Waals surface area contributed by atoms with Crippen LogP contribution in [0.15, 0.2) is 21.5 Å². The van der Waals surface area contributed by atoms with Gasteiger partial charge in [-0.2, -0.15) is 0 Å². The van der Waals surface area contributed by atoms with Gasteiger partial charge in [0.2, 0.25) is 10.0 Å². The molecule has 18 heavy (non-hydrogen) atoms. The standard InChI is InChI=1S/C10H12BrCl2NO3S/c1-2-6(5-15)14-18(16,17)10-4-8(12)7(11)3-9(10)13/h3-4,6,14-15H,2,5H2,1H3. The Hall–Kier alpha value is 0.150. The van der Waals surface area contributed by atoms with E-state index in [2.05, 4.69) is 20.7 Å². The lowest BCUT2D eigenvalue weighted by atomic mass is 10.3. The molecule has 102 valence electrons. The molecule has 0 heterocycles. The van der Waals surface area contributed by atoms with Crippen LogP contribution in [0.4, 0.5) is 0 Å². The van der Waals surface area contributed by atoms with E-state index in [0.29, 0.717) is 10.9 Å². The molecule has 0 aliphatic carbocycles. The van der Waals surface area contributed by atoms with Crippen LogP contribution >= 0.6 is 39.1 Å². The third-order valence-corrected chi connectivity index (χ3v) is 5.48. The van der Waals surface area contributed by atoms with E-state index in [4.69, 9.17) is 28.3 Å². The van der Waals surface area contributed by atoms with Crippen molar-refractivity contribution in [2.75, 3.05) is 6.61 Å². The summed E-state index contributed by atoms with van der Waals surface area (Å²) < 4.78 is 27.0. The summed E-state index contributed by atoms with van der Waals surface area (Å²) >= 11 is 14.9. The van der Waals surface area contributed by atoms with E-state index in [1.807, 2.05) is 0 Å². The van der Waals surface area contributed by atoms with Gasteiger partial charge in [0.25, 0.3) is 0 Å². The number of sulfonamides is 1. The van der Waals surface area contributed by atoms with E-state index in [-0.39, 0.29) is 21.5 Å². The number of aliphatic hydroxyl groups is 1. The molecule has 1 atom stereocenters. The highest BCUT2D eigenvalue weighted by Crippen LogP contribution is 2.31. The molecule has 1 rings (SSSR count). The molecule has 8 heteroatoms. The molecule has 0 spiro atoms. The summed E-state index contributed by atoms with van der Waals surface area (Å²) in [7, 11) is -3.80. The lowest BCUT2D eigenvalue weighted by Crippen LogP contribution is -2.37. The first-order chi connectivity index (χ1) is 8.31. The second-order valence-electron chi connectivity index (χ2n) is 3.61. The van der Waals surface area contributed by atoms with Crippen molar-refractivity contribution in [3.63, 3.8) is 0 Å². The zero-order valence-corrected chi connectivity index (χ0v) is 13.4. The van der Waals surface area contributed by atoms with Crippen molar-refractivity contribution in [3.05, 3.63) is 26.7 Å². The second kappa shape index (κ2) is 6.54. The third-order valence-electron chi connectivity index (χ3n) is 2.30. The van der Waals surface area contributed by atoms with E-state index in [1.54, 1.807) is 6.92 Å². The Kier molecular flexibility index (Phi) is 5.89. The lowest BCUT2D eigenvalue weighted by molar-refractivity contribution is 0.254. The lowest BCUT2D eigenvalue weighted by Gasteiger charge is -2.15. The first-order valence-corrected chi connectivity index (χ1v) is 8.12. The fraction of sp³-hybridized carbons (Fsp3) is 0.400. The molecule has 0 amide bonds. The van der Waals surface area contributed by atoms with Gasteiger partial charge < -0.3 is 5.11 Å². The topological polar surface area (TPSA) is 66.4 Å². The van der Waals surface area contributed by atoms with Crippen molar-refractivity contribution in [1.82, 2.24) is 4.72 Å². The summed E-state index contributed by atoms with van der Waals surface area (Å²) in [6.07, 6.45) is 0.470. The molecule has 0 saturated heterocycles. The van der Waals surface area contributed by atoms with Crippen LogP contribution in [0.3, 0.4) is 0 Å². The molecule has 0 saturated carbocycles. The summed E-state index contributed by atoms with van der Waals surface area (Å²) in [5, 5.41) is 9.32. The molecule has 1 unspecified atom stereocenters. The van der Waals surface area contributed by atoms with E-state index in [9.17, 15) is 8.42 Å². The average molecular weight is 377 g/mol. The van der Waals surface area contributed by atoms with Crippen molar-refractivity contribution < 1.29 is 13.5 Å². The SMILES string of the molecule is CCC(CO)NS(=O)(=O)c1cc(Cl)c(Br)cc1Cl. The van der Waals surface area contributed by atoms with Gasteiger partial charge in [-0.3, -0.25) is 0 Å². The summed E-state index contributed by atoms with van der Waals surface area (Å²) in [5.41, 5.74) is 0. The largest absolute Gasteiger partial charge is 0.395 e. The molecule has 0 aliphatic heterocycles. The molecular weight excluding hydrogens is 365 g/mol. The normalized spacial score (nSPS) is 13.6.